The van der Waals surface area contributed by atoms with Crippen LogP contribution in [-0.4, -0.2) is 4.99 Å². The van der Waals surface area contributed by atoms with Crippen molar-refractivity contribution in [2.24, 2.45) is 5.73 Å². The number of halogens is 2. The van der Waals surface area contributed by atoms with Crippen molar-refractivity contribution in [3.8, 4) is 5.75 Å². The van der Waals surface area contributed by atoms with Crippen molar-refractivity contribution in [2.45, 2.75) is 6.61 Å². The average Bonchev–Trinajstić information content (AvgIpc) is 2.38. The Hall–Kier alpha value is -1.29. The maximum atomic E-state index is 6.02. The van der Waals surface area contributed by atoms with Crippen molar-refractivity contribution in [3.05, 3.63) is 63.6 Å². The van der Waals surface area contributed by atoms with Gasteiger partial charge in [-0.3, -0.25) is 0 Å². The molecule has 0 fully saturated rings. The minimum Gasteiger partial charge on any atom is -0.486 e. The Balaban J connectivity index is 2.08. The van der Waals surface area contributed by atoms with Crippen LogP contribution in [0.4, 0.5) is 0 Å². The van der Waals surface area contributed by atoms with Gasteiger partial charge in [-0.1, -0.05) is 65.8 Å². The maximum Gasteiger partial charge on any atom is 0.156 e. The Morgan fingerprint density at radius 1 is 1.05 bits per heavy atom. The van der Waals surface area contributed by atoms with E-state index < -0.39 is 0 Å². The minimum absolute atomic E-state index is 0.376. The van der Waals surface area contributed by atoms with E-state index in [0.29, 0.717) is 27.4 Å². The molecular weight excluding hydrogens is 301 g/mol. The van der Waals surface area contributed by atoms with Gasteiger partial charge in [0, 0.05) is 5.56 Å². The van der Waals surface area contributed by atoms with Crippen LogP contribution < -0.4 is 10.5 Å². The predicted molar refractivity (Wildman–Crippen MR) is 83.1 cm³/mol. The molecule has 0 atom stereocenters. The molecule has 0 aliphatic heterocycles. The maximum absolute atomic E-state index is 6.02. The van der Waals surface area contributed by atoms with E-state index in [-0.39, 0.29) is 0 Å². The third kappa shape index (κ3) is 3.60. The summed E-state index contributed by atoms with van der Waals surface area (Å²) in [5, 5.41) is 0.986. The number of thiocarbonyl (C=S) groups is 1. The zero-order valence-corrected chi connectivity index (χ0v) is 12.2. The summed E-state index contributed by atoms with van der Waals surface area (Å²) in [5.74, 6) is 0.490. The molecule has 0 aromatic heterocycles. The molecule has 19 heavy (non-hydrogen) atoms. The molecule has 0 aliphatic rings. The third-order valence-corrected chi connectivity index (χ3v) is 3.37. The summed E-state index contributed by atoms with van der Waals surface area (Å²) < 4.78 is 5.63. The minimum atomic E-state index is 0.376. The predicted octanol–water partition coefficient (Wildman–Crippen LogP) is 4.21. The third-order valence-electron chi connectivity index (χ3n) is 2.54. The highest BCUT2D eigenvalue weighted by Crippen LogP contribution is 2.32. The van der Waals surface area contributed by atoms with Crippen LogP contribution in [-0.2, 0) is 6.61 Å². The number of nitrogens with two attached hydrogens (primary N) is 1. The van der Waals surface area contributed by atoms with Gasteiger partial charge in [0.25, 0.3) is 0 Å². The molecule has 0 saturated carbocycles. The second-order valence-electron chi connectivity index (χ2n) is 3.90. The molecular formula is C14H11Cl2NOS. The van der Waals surface area contributed by atoms with E-state index in [1.54, 1.807) is 18.2 Å². The van der Waals surface area contributed by atoms with Crippen molar-refractivity contribution in [1.82, 2.24) is 0 Å². The first kappa shape index (κ1) is 14.1. The number of hydrogen-bond donors (Lipinski definition) is 1. The molecule has 2 rings (SSSR count). The van der Waals surface area contributed by atoms with Gasteiger partial charge in [0.15, 0.2) is 5.75 Å². The van der Waals surface area contributed by atoms with Crippen LogP contribution in [0.5, 0.6) is 5.75 Å². The molecule has 2 nitrogen and oxygen atoms in total. The standard InChI is InChI=1S/C14H11Cl2NOS/c15-11-2-1-3-12(16)13(11)18-8-9-4-6-10(7-5-9)14(17)19/h1-7H,8H2,(H2,17,19). The van der Waals surface area contributed by atoms with Crippen LogP contribution in [0.3, 0.4) is 0 Å². The largest absolute Gasteiger partial charge is 0.486 e. The monoisotopic (exact) mass is 311 g/mol. The summed E-state index contributed by atoms with van der Waals surface area (Å²) in [6, 6.07) is 12.8. The van der Waals surface area contributed by atoms with E-state index in [4.69, 9.17) is 45.9 Å². The van der Waals surface area contributed by atoms with Crippen LogP contribution in [0.15, 0.2) is 42.5 Å². The van der Waals surface area contributed by atoms with Crippen LogP contribution in [0.2, 0.25) is 10.0 Å². The Bertz CT molecular complexity index is 579. The van der Waals surface area contributed by atoms with E-state index in [0.717, 1.165) is 11.1 Å². The van der Waals surface area contributed by atoms with Gasteiger partial charge in [-0.25, -0.2) is 0 Å². The lowest BCUT2D eigenvalue weighted by Crippen LogP contribution is -2.09. The molecule has 0 saturated heterocycles. The average molecular weight is 312 g/mol. The van der Waals surface area contributed by atoms with Crippen molar-refractivity contribution < 1.29 is 4.74 Å². The topological polar surface area (TPSA) is 35.2 Å². The first-order valence-electron chi connectivity index (χ1n) is 5.53. The van der Waals surface area contributed by atoms with Crippen molar-refractivity contribution in [1.29, 1.82) is 0 Å². The van der Waals surface area contributed by atoms with Gasteiger partial charge in [-0.2, -0.15) is 0 Å². The molecule has 0 aliphatic carbocycles. The van der Waals surface area contributed by atoms with Crippen LogP contribution in [0.25, 0.3) is 0 Å². The highest BCUT2D eigenvalue weighted by atomic mass is 35.5. The summed E-state index contributed by atoms with van der Waals surface area (Å²) in [7, 11) is 0. The van der Waals surface area contributed by atoms with Gasteiger partial charge in [-0.15, -0.1) is 0 Å². The van der Waals surface area contributed by atoms with Crippen LogP contribution >= 0.6 is 35.4 Å². The number of ether oxygens (including phenoxy) is 1. The zero-order chi connectivity index (χ0) is 13.8. The van der Waals surface area contributed by atoms with Gasteiger partial charge >= 0.3 is 0 Å². The lowest BCUT2D eigenvalue weighted by atomic mass is 10.1. The smallest absolute Gasteiger partial charge is 0.156 e. The van der Waals surface area contributed by atoms with Crippen LogP contribution in [0.1, 0.15) is 11.1 Å². The molecule has 0 radical (unpaired) electrons. The summed E-state index contributed by atoms with van der Waals surface area (Å²) in [6.45, 7) is 0.376. The van der Waals surface area contributed by atoms with Crippen LogP contribution in [0, 0.1) is 0 Å². The lowest BCUT2D eigenvalue weighted by molar-refractivity contribution is 0.306. The van der Waals surface area contributed by atoms with Gasteiger partial charge in [-0.05, 0) is 17.7 Å². The fraction of sp³-hybridized carbons (Fsp3) is 0.0714. The number of hydrogen-bond acceptors (Lipinski definition) is 2. The van der Waals surface area contributed by atoms with Crippen molar-refractivity contribution in [3.63, 3.8) is 0 Å². The molecule has 2 aromatic carbocycles. The number of benzene rings is 2. The summed E-state index contributed by atoms with van der Waals surface area (Å²) in [4.78, 5) is 0.376. The van der Waals surface area contributed by atoms with Crippen molar-refractivity contribution >= 4 is 40.4 Å². The Morgan fingerprint density at radius 3 is 2.16 bits per heavy atom. The summed E-state index contributed by atoms with van der Waals surface area (Å²) >= 11 is 16.9. The molecule has 5 heteroatoms. The SMILES string of the molecule is NC(=S)c1ccc(COc2c(Cl)cccc2Cl)cc1. The Kier molecular flexibility index (Phi) is 4.64. The van der Waals surface area contributed by atoms with E-state index >= 15 is 0 Å². The number of para-hydroxylation sites is 1. The van der Waals surface area contributed by atoms with Gasteiger partial charge < -0.3 is 10.5 Å². The van der Waals surface area contributed by atoms with Gasteiger partial charge in [0.2, 0.25) is 0 Å². The lowest BCUT2D eigenvalue weighted by Gasteiger charge is -2.10. The second kappa shape index (κ2) is 6.24. The Labute approximate surface area is 127 Å². The first-order chi connectivity index (χ1) is 9.08. The first-order valence-corrected chi connectivity index (χ1v) is 6.70. The molecule has 98 valence electrons. The fourth-order valence-corrected chi connectivity index (χ4v) is 2.18. The highest BCUT2D eigenvalue weighted by molar-refractivity contribution is 7.80. The Morgan fingerprint density at radius 2 is 1.63 bits per heavy atom. The van der Waals surface area contributed by atoms with E-state index in [1.165, 1.54) is 0 Å². The van der Waals surface area contributed by atoms with Crippen molar-refractivity contribution in [2.75, 3.05) is 0 Å². The van der Waals surface area contributed by atoms with E-state index in [1.807, 2.05) is 24.3 Å². The fourth-order valence-electron chi connectivity index (χ4n) is 1.54. The molecule has 2 aromatic rings. The van der Waals surface area contributed by atoms with E-state index in [9.17, 15) is 0 Å². The molecule has 2 N–H and O–H groups in total. The second-order valence-corrected chi connectivity index (χ2v) is 5.15. The summed E-state index contributed by atoms with van der Waals surface area (Å²) in [6.07, 6.45) is 0. The molecule has 0 spiro atoms. The molecule has 0 bridgehead atoms. The van der Waals surface area contributed by atoms with E-state index in [2.05, 4.69) is 0 Å². The number of rotatable bonds is 4. The molecule has 0 amide bonds. The highest BCUT2D eigenvalue weighted by Gasteiger charge is 2.06. The van der Waals surface area contributed by atoms with Gasteiger partial charge in [0.1, 0.15) is 11.6 Å². The zero-order valence-electron chi connectivity index (χ0n) is 9.90. The molecule has 0 heterocycles. The molecule has 0 unspecified atom stereocenters. The quantitative estimate of drug-likeness (QED) is 0.859. The van der Waals surface area contributed by atoms with Gasteiger partial charge in [0.05, 0.1) is 10.0 Å². The normalized spacial score (nSPS) is 10.2. The summed E-state index contributed by atoms with van der Waals surface area (Å²) in [5.41, 5.74) is 7.34.